The van der Waals surface area contributed by atoms with Gasteiger partial charge in [0.05, 0.1) is 11.1 Å². The molecule has 0 bridgehead atoms. The number of carbonyl (C=O) groups excluding carboxylic acids is 1. The van der Waals surface area contributed by atoms with Crippen molar-refractivity contribution in [3.05, 3.63) is 93.2 Å². The molecule has 168 valence electrons. The van der Waals surface area contributed by atoms with Crippen molar-refractivity contribution in [3.8, 4) is 11.5 Å². The standard InChI is InChI=1S/C26H24FN3O3/c1-4-16-5-7-21-19(11-16)26(32)25(15(2)30(21)3)22(31)13-17-6-8-23(20(27)12-17)33-18-9-10-29-24(28)14-18/h5-12,14H,4,13H2,1-3H3,(H2,28,29). The second kappa shape index (κ2) is 8.86. The molecule has 0 radical (unpaired) electrons. The number of Topliss-reactive ketones (excluding diaryl/α,β-unsaturated/α-hetero) is 1. The molecular weight excluding hydrogens is 421 g/mol. The summed E-state index contributed by atoms with van der Waals surface area (Å²) >= 11 is 0. The predicted octanol–water partition coefficient (Wildman–Crippen LogP) is 4.74. The first-order valence-electron chi connectivity index (χ1n) is 10.6. The SMILES string of the molecule is CCc1ccc2c(c1)c(=O)c(C(=O)Cc1ccc(Oc3ccnc(N)c3)c(F)c1)c(C)n2C. The zero-order chi connectivity index (χ0) is 23.7. The minimum absolute atomic E-state index is 0.00157. The van der Waals surface area contributed by atoms with Crippen LogP contribution in [0.15, 0.2) is 59.5 Å². The summed E-state index contributed by atoms with van der Waals surface area (Å²) in [6.07, 6.45) is 2.15. The topological polar surface area (TPSA) is 87.2 Å². The molecule has 0 saturated carbocycles. The molecule has 2 N–H and O–H groups in total. The highest BCUT2D eigenvalue weighted by Crippen LogP contribution is 2.26. The molecule has 0 aliphatic rings. The zero-order valence-corrected chi connectivity index (χ0v) is 18.7. The number of pyridine rings is 2. The van der Waals surface area contributed by atoms with Crippen molar-refractivity contribution in [2.24, 2.45) is 7.05 Å². The Hall–Kier alpha value is -4.00. The number of nitrogens with two attached hydrogens (primary N) is 1. The number of aromatic nitrogens is 2. The van der Waals surface area contributed by atoms with Crippen LogP contribution in [0.25, 0.3) is 10.9 Å². The van der Waals surface area contributed by atoms with Gasteiger partial charge in [-0.15, -0.1) is 0 Å². The fourth-order valence-corrected chi connectivity index (χ4v) is 3.88. The Morgan fingerprint density at radius 3 is 2.58 bits per heavy atom. The van der Waals surface area contributed by atoms with Gasteiger partial charge in [-0.1, -0.05) is 19.1 Å². The monoisotopic (exact) mass is 445 g/mol. The number of ether oxygens (including phenoxy) is 1. The Morgan fingerprint density at radius 1 is 1.12 bits per heavy atom. The second-order valence-corrected chi connectivity index (χ2v) is 7.94. The van der Waals surface area contributed by atoms with Crippen molar-refractivity contribution in [2.75, 3.05) is 5.73 Å². The second-order valence-electron chi connectivity index (χ2n) is 7.94. The Morgan fingerprint density at radius 2 is 1.88 bits per heavy atom. The number of anilines is 1. The number of hydrogen-bond donors (Lipinski definition) is 1. The molecule has 7 heteroatoms. The summed E-state index contributed by atoms with van der Waals surface area (Å²) < 4.78 is 22.0. The van der Waals surface area contributed by atoms with E-state index in [0.29, 0.717) is 22.4 Å². The van der Waals surface area contributed by atoms with Gasteiger partial charge in [0.25, 0.3) is 0 Å². The molecule has 0 aliphatic carbocycles. The molecule has 0 unspecified atom stereocenters. The predicted molar refractivity (Wildman–Crippen MR) is 126 cm³/mol. The molecule has 0 spiro atoms. The molecule has 33 heavy (non-hydrogen) atoms. The number of ketones is 1. The maximum Gasteiger partial charge on any atom is 0.200 e. The normalized spacial score (nSPS) is 11.0. The van der Waals surface area contributed by atoms with Crippen LogP contribution in [0.3, 0.4) is 0 Å². The van der Waals surface area contributed by atoms with Crippen LogP contribution in [-0.2, 0) is 19.9 Å². The van der Waals surface area contributed by atoms with Crippen LogP contribution < -0.4 is 15.9 Å². The maximum absolute atomic E-state index is 14.7. The number of aryl methyl sites for hydroxylation is 2. The number of fused-ring (bicyclic) bond motifs is 1. The number of halogens is 1. The molecule has 0 fully saturated rings. The molecule has 2 aromatic carbocycles. The van der Waals surface area contributed by atoms with E-state index in [2.05, 4.69) is 4.98 Å². The molecule has 0 aliphatic heterocycles. The third-order valence-electron chi connectivity index (χ3n) is 5.79. The van der Waals surface area contributed by atoms with E-state index in [4.69, 9.17) is 10.5 Å². The molecule has 0 amide bonds. The fraction of sp³-hybridized carbons (Fsp3) is 0.192. The summed E-state index contributed by atoms with van der Waals surface area (Å²) in [5, 5.41) is 0.511. The van der Waals surface area contributed by atoms with Crippen LogP contribution in [0.4, 0.5) is 10.2 Å². The van der Waals surface area contributed by atoms with Crippen LogP contribution in [-0.4, -0.2) is 15.3 Å². The molecule has 0 saturated heterocycles. The number of benzene rings is 2. The van der Waals surface area contributed by atoms with Crippen LogP contribution in [0.1, 0.15) is 34.1 Å². The quantitative estimate of drug-likeness (QED) is 0.433. The first-order chi connectivity index (χ1) is 15.8. The Kier molecular flexibility index (Phi) is 5.96. The van der Waals surface area contributed by atoms with Crippen molar-refractivity contribution < 1.29 is 13.9 Å². The smallest absolute Gasteiger partial charge is 0.200 e. The van der Waals surface area contributed by atoms with Crippen molar-refractivity contribution >= 4 is 22.5 Å². The molecule has 4 rings (SSSR count). The summed E-state index contributed by atoms with van der Waals surface area (Å²) in [5.41, 5.74) is 8.28. The Labute approximate surface area is 190 Å². The zero-order valence-electron chi connectivity index (χ0n) is 18.7. The number of carbonyl (C=O) groups is 1. The molecule has 4 aromatic rings. The average molecular weight is 445 g/mol. The van der Waals surface area contributed by atoms with Crippen molar-refractivity contribution in [1.82, 2.24) is 9.55 Å². The minimum Gasteiger partial charge on any atom is -0.454 e. The molecule has 6 nitrogen and oxygen atoms in total. The molecular formula is C26H24FN3O3. The number of nitrogen functional groups attached to an aromatic ring is 1. The average Bonchev–Trinajstić information content (AvgIpc) is 2.79. The van der Waals surface area contributed by atoms with Gasteiger partial charge in [-0.3, -0.25) is 9.59 Å². The van der Waals surface area contributed by atoms with Gasteiger partial charge in [0.15, 0.2) is 22.8 Å². The first-order valence-corrected chi connectivity index (χ1v) is 10.6. The highest BCUT2D eigenvalue weighted by Gasteiger charge is 2.20. The van der Waals surface area contributed by atoms with E-state index in [9.17, 15) is 14.0 Å². The summed E-state index contributed by atoms with van der Waals surface area (Å²) in [4.78, 5) is 30.2. The number of nitrogens with zero attached hydrogens (tertiary/aromatic N) is 2. The first kappa shape index (κ1) is 22.2. The van der Waals surface area contributed by atoms with Gasteiger partial charge in [-0.2, -0.15) is 0 Å². The Bertz CT molecular complexity index is 1440. The van der Waals surface area contributed by atoms with Gasteiger partial charge >= 0.3 is 0 Å². The molecule has 0 atom stereocenters. The summed E-state index contributed by atoms with van der Waals surface area (Å²) in [5.74, 6) is -0.361. The molecule has 2 heterocycles. The third kappa shape index (κ3) is 4.35. The lowest BCUT2D eigenvalue weighted by atomic mass is 9.98. The maximum atomic E-state index is 14.7. The van der Waals surface area contributed by atoms with Crippen LogP contribution >= 0.6 is 0 Å². The van der Waals surface area contributed by atoms with E-state index in [1.54, 1.807) is 19.1 Å². The fourth-order valence-electron chi connectivity index (χ4n) is 3.88. The number of rotatable bonds is 6. The lowest BCUT2D eigenvalue weighted by Crippen LogP contribution is -2.23. The van der Waals surface area contributed by atoms with Crippen LogP contribution in [0, 0.1) is 12.7 Å². The Balaban J connectivity index is 1.64. The van der Waals surface area contributed by atoms with E-state index >= 15 is 0 Å². The van der Waals surface area contributed by atoms with E-state index in [1.807, 2.05) is 36.7 Å². The van der Waals surface area contributed by atoms with Gasteiger partial charge in [0.1, 0.15) is 11.6 Å². The van der Waals surface area contributed by atoms with Gasteiger partial charge in [0, 0.05) is 36.8 Å². The van der Waals surface area contributed by atoms with Crippen molar-refractivity contribution in [2.45, 2.75) is 26.7 Å². The van der Waals surface area contributed by atoms with Gasteiger partial charge in [0.2, 0.25) is 0 Å². The van der Waals surface area contributed by atoms with E-state index in [0.717, 1.165) is 17.5 Å². The highest BCUT2D eigenvalue weighted by atomic mass is 19.1. The van der Waals surface area contributed by atoms with E-state index in [1.165, 1.54) is 24.4 Å². The number of hydrogen-bond acceptors (Lipinski definition) is 5. The van der Waals surface area contributed by atoms with Gasteiger partial charge < -0.3 is 15.0 Å². The van der Waals surface area contributed by atoms with Gasteiger partial charge in [-0.05, 0) is 54.8 Å². The van der Waals surface area contributed by atoms with E-state index in [-0.39, 0.29) is 34.8 Å². The highest BCUT2D eigenvalue weighted by molar-refractivity contribution is 6.01. The van der Waals surface area contributed by atoms with Gasteiger partial charge in [-0.25, -0.2) is 9.37 Å². The lowest BCUT2D eigenvalue weighted by Gasteiger charge is -2.15. The summed E-state index contributed by atoms with van der Waals surface area (Å²) in [6, 6.07) is 13.1. The molecule has 2 aromatic heterocycles. The van der Waals surface area contributed by atoms with E-state index < -0.39 is 5.82 Å². The van der Waals surface area contributed by atoms with Crippen LogP contribution in [0.2, 0.25) is 0 Å². The lowest BCUT2D eigenvalue weighted by molar-refractivity contribution is 0.0990. The largest absolute Gasteiger partial charge is 0.454 e. The van der Waals surface area contributed by atoms with Crippen molar-refractivity contribution in [3.63, 3.8) is 0 Å². The van der Waals surface area contributed by atoms with Crippen LogP contribution in [0.5, 0.6) is 11.5 Å². The summed E-state index contributed by atoms with van der Waals surface area (Å²) in [6.45, 7) is 3.76. The third-order valence-corrected chi connectivity index (χ3v) is 5.79. The van der Waals surface area contributed by atoms with Crippen molar-refractivity contribution in [1.29, 1.82) is 0 Å². The minimum atomic E-state index is -0.619. The summed E-state index contributed by atoms with van der Waals surface area (Å²) in [7, 11) is 1.83.